The summed E-state index contributed by atoms with van der Waals surface area (Å²) >= 11 is 0. The lowest BCUT2D eigenvalue weighted by Gasteiger charge is -2.10. The molecule has 5 rings (SSSR count). The smallest absolute Gasteiger partial charge is 0.163 e. The monoisotopic (exact) mass is 482 g/mol. The maximum atomic E-state index is 4.80. The maximum absolute atomic E-state index is 4.80. The van der Waals surface area contributed by atoms with Gasteiger partial charge in [0.15, 0.2) is 23.3 Å². The molecular formula is C31H26N6. The molecule has 0 radical (unpaired) electrons. The lowest BCUT2D eigenvalue weighted by Crippen LogP contribution is -2.09. The van der Waals surface area contributed by atoms with Crippen LogP contribution in [0.2, 0.25) is 0 Å². The molecule has 0 aliphatic rings. The highest BCUT2D eigenvalue weighted by atomic mass is 15.1. The third kappa shape index (κ3) is 5.87. The van der Waals surface area contributed by atoms with Crippen molar-refractivity contribution in [1.82, 2.24) is 29.9 Å². The van der Waals surface area contributed by atoms with E-state index in [0.717, 1.165) is 22.3 Å². The van der Waals surface area contributed by atoms with Gasteiger partial charge in [0.2, 0.25) is 0 Å². The minimum Gasteiger partial charge on any atom is -0.213 e. The van der Waals surface area contributed by atoms with Gasteiger partial charge in [0.1, 0.15) is 11.6 Å². The standard InChI is InChI=1S/C31H26N6/c1-3-4-14-22(2)28-32-26(33-29(36-28)23-15-8-5-9-16-23)21-27-34-30(24-17-10-6-11-18-24)37-31(35-27)25-19-12-7-13-20-25/h3-20H,21H2,1-2H3/b4-3-,22-14+. The van der Waals surface area contributed by atoms with E-state index in [1.54, 1.807) is 0 Å². The molecule has 2 heterocycles. The average Bonchev–Trinajstić information content (AvgIpc) is 2.97. The van der Waals surface area contributed by atoms with E-state index in [-0.39, 0.29) is 0 Å². The summed E-state index contributed by atoms with van der Waals surface area (Å²) < 4.78 is 0. The normalized spacial score (nSPS) is 11.7. The Bertz CT molecular complexity index is 1490. The number of benzene rings is 3. The van der Waals surface area contributed by atoms with Gasteiger partial charge in [-0.3, -0.25) is 0 Å². The van der Waals surface area contributed by atoms with Crippen LogP contribution in [0.4, 0.5) is 0 Å². The summed E-state index contributed by atoms with van der Waals surface area (Å²) in [7, 11) is 0. The fraction of sp³-hybridized carbons (Fsp3) is 0.0968. The van der Waals surface area contributed by atoms with Crippen LogP contribution >= 0.6 is 0 Å². The Labute approximate surface area is 216 Å². The van der Waals surface area contributed by atoms with Gasteiger partial charge in [-0.15, -0.1) is 0 Å². The minimum atomic E-state index is 0.342. The molecule has 0 saturated carbocycles. The molecule has 0 bridgehead atoms. The molecule has 0 amide bonds. The predicted octanol–water partition coefficient (Wildman–Crippen LogP) is 6.63. The number of hydrogen-bond acceptors (Lipinski definition) is 6. The van der Waals surface area contributed by atoms with E-state index in [1.807, 2.05) is 123 Å². The Morgan fingerprint density at radius 2 is 1.00 bits per heavy atom. The van der Waals surface area contributed by atoms with Crippen LogP contribution < -0.4 is 0 Å². The number of aromatic nitrogens is 6. The van der Waals surface area contributed by atoms with Crippen molar-refractivity contribution >= 4 is 5.57 Å². The second-order valence-electron chi connectivity index (χ2n) is 8.45. The predicted molar refractivity (Wildman–Crippen MR) is 147 cm³/mol. The number of allylic oxidation sites excluding steroid dienone is 4. The molecule has 5 aromatic rings. The molecule has 0 saturated heterocycles. The minimum absolute atomic E-state index is 0.342. The van der Waals surface area contributed by atoms with E-state index in [4.69, 9.17) is 29.9 Å². The van der Waals surface area contributed by atoms with Crippen LogP contribution in [0.25, 0.3) is 39.7 Å². The lowest BCUT2D eigenvalue weighted by atomic mass is 10.2. The van der Waals surface area contributed by atoms with E-state index >= 15 is 0 Å². The Hall–Kier alpha value is -4.84. The molecule has 0 aliphatic heterocycles. The zero-order chi connectivity index (χ0) is 25.5. The molecule has 0 aliphatic carbocycles. The van der Waals surface area contributed by atoms with Gasteiger partial charge >= 0.3 is 0 Å². The fourth-order valence-corrected chi connectivity index (χ4v) is 3.78. The van der Waals surface area contributed by atoms with Crippen molar-refractivity contribution in [2.24, 2.45) is 0 Å². The Morgan fingerprint density at radius 3 is 1.46 bits per heavy atom. The highest BCUT2D eigenvalue weighted by Crippen LogP contribution is 2.22. The first-order valence-electron chi connectivity index (χ1n) is 12.2. The van der Waals surface area contributed by atoms with Gasteiger partial charge in [0.05, 0.1) is 6.42 Å². The third-order valence-electron chi connectivity index (χ3n) is 5.67. The van der Waals surface area contributed by atoms with Crippen LogP contribution in [-0.4, -0.2) is 29.9 Å². The van der Waals surface area contributed by atoms with Crippen molar-refractivity contribution < 1.29 is 0 Å². The quantitative estimate of drug-likeness (QED) is 0.242. The third-order valence-corrected chi connectivity index (χ3v) is 5.67. The van der Waals surface area contributed by atoms with Gasteiger partial charge in [-0.1, -0.05) is 109 Å². The first kappa shape index (κ1) is 23.9. The second-order valence-corrected chi connectivity index (χ2v) is 8.45. The summed E-state index contributed by atoms with van der Waals surface area (Å²) in [5, 5.41) is 0. The van der Waals surface area contributed by atoms with Crippen molar-refractivity contribution in [3.8, 4) is 34.2 Å². The summed E-state index contributed by atoms with van der Waals surface area (Å²) in [6.45, 7) is 3.98. The highest BCUT2D eigenvalue weighted by molar-refractivity contribution is 5.63. The van der Waals surface area contributed by atoms with E-state index < -0.39 is 0 Å². The van der Waals surface area contributed by atoms with Gasteiger partial charge in [-0.25, -0.2) is 29.9 Å². The molecule has 0 N–H and O–H groups in total. The maximum Gasteiger partial charge on any atom is 0.163 e. The molecule has 0 fully saturated rings. The Morgan fingerprint density at radius 1 is 0.568 bits per heavy atom. The zero-order valence-corrected chi connectivity index (χ0v) is 20.8. The first-order chi connectivity index (χ1) is 18.2. The molecule has 2 aromatic heterocycles. The lowest BCUT2D eigenvalue weighted by molar-refractivity contribution is 0.849. The van der Waals surface area contributed by atoms with Crippen molar-refractivity contribution in [2.75, 3.05) is 0 Å². The SMILES string of the molecule is C/C=C\C=C(/C)c1nc(Cc2nc(-c3ccccc3)nc(-c3ccccc3)n2)nc(-c2ccccc2)n1. The molecule has 0 spiro atoms. The molecule has 37 heavy (non-hydrogen) atoms. The molecule has 6 heteroatoms. The van der Waals surface area contributed by atoms with Crippen molar-refractivity contribution in [2.45, 2.75) is 20.3 Å². The molecule has 0 unspecified atom stereocenters. The van der Waals surface area contributed by atoms with Crippen molar-refractivity contribution in [1.29, 1.82) is 0 Å². The van der Waals surface area contributed by atoms with Crippen LogP contribution in [0, 0.1) is 0 Å². The summed E-state index contributed by atoms with van der Waals surface area (Å²) in [5.41, 5.74) is 3.73. The van der Waals surface area contributed by atoms with E-state index in [9.17, 15) is 0 Å². The zero-order valence-electron chi connectivity index (χ0n) is 20.8. The topological polar surface area (TPSA) is 77.3 Å². The van der Waals surface area contributed by atoms with Crippen molar-refractivity contribution in [3.63, 3.8) is 0 Å². The van der Waals surface area contributed by atoms with Crippen LogP contribution in [0.5, 0.6) is 0 Å². The van der Waals surface area contributed by atoms with E-state index in [2.05, 4.69) is 0 Å². The Balaban J connectivity index is 1.61. The largest absolute Gasteiger partial charge is 0.213 e. The van der Waals surface area contributed by atoms with Gasteiger partial charge < -0.3 is 0 Å². The molecular weight excluding hydrogens is 456 g/mol. The molecule has 3 aromatic carbocycles. The summed E-state index contributed by atoms with van der Waals surface area (Å²) in [4.78, 5) is 28.7. The number of rotatable bonds is 7. The highest BCUT2D eigenvalue weighted by Gasteiger charge is 2.15. The van der Waals surface area contributed by atoms with Gasteiger partial charge in [-0.2, -0.15) is 0 Å². The van der Waals surface area contributed by atoms with Crippen LogP contribution in [0.1, 0.15) is 31.3 Å². The average molecular weight is 483 g/mol. The molecule has 0 atom stereocenters. The summed E-state index contributed by atoms with van der Waals surface area (Å²) in [6.07, 6.45) is 6.29. The van der Waals surface area contributed by atoms with Gasteiger partial charge in [-0.05, 0) is 19.4 Å². The number of hydrogen-bond donors (Lipinski definition) is 0. The first-order valence-corrected chi connectivity index (χ1v) is 12.2. The van der Waals surface area contributed by atoms with Gasteiger partial charge in [0.25, 0.3) is 0 Å². The van der Waals surface area contributed by atoms with Crippen LogP contribution in [-0.2, 0) is 6.42 Å². The molecule has 6 nitrogen and oxygen atoms in total. The number of nitrogens with zero attached hydrogens (tertiary/aromatic N) is 6. The second kappa shape index (κ2) is 11.3. The molecule has 180 valence electrons. The Kier molecular flexibility index (Phi) is 7.27. The van der Waals surface area contributed by atoms with E-state index in [0.29, 0.717) is 41.4 Å². The van der Waals surface area contributed by atoms with Crippen LogP contribution in [0.15, 0.2) is 109 Å². The summed E-state index contributed by atoms with van der Waals surface area (Å²) in [6, 6.07) is 29.8. The van der Waals surface area contributed by atoms with Gasteiger partial charge in [0, 0.05) is 16.7 Å². The van der Waals surface area contributed by atoms with E-state index in [1.165, 1.54) is 0 Å². The van der Waals surface area contributed by atoms with Crippen molar-refractivity contribution in [3.05, 3.63) is 127 Å². The fourth-order valence-electron chi connectivity index (χ4n) is 3.78. The van der Waals surface area contributed by atoms with Crippen LogP contribution in [0.3, 0.4) is 0 Å². The summed E-state index contributed by atoms with van der Waals surface area (Å²) in [5.74, 6) is 3.68.